The summed E-state index contributed by atoms with van der Waals surface area (Å²) in [7, 11) is 0. The minimum Gasteiger partial charge on any atom is -0.354 e. The van der Waals surface area contributed by atoms with Crippen LogP contribution < -0.4 is 21.5 Å². The van der Waals surface area contributed by atoms with Gasteiger partial charge in [0.15, 0.2) is 0 Å². The quantitative estimate of drug-likeness (QED) is 0.534. The summed E-state index contributed by atoms with van der Waals surface area (Å²) in [6.45, 7) is 5.31. The Morgan fingerprint density at radius 2 is 2.35 bits per heavy atom. The van der Waals surface area contributed by atoms with E-state index in [-0.39, 0.29) is 11.9 Å². The Kier molecular flexibility index (Phi) is 4.73. The molecule has 4 N–H and O–H groups in total. The van der Waals surface area contributed by atoms with Crippen molar-refractivity contribution in [1.82, 2.24) is 15.3 Å². The predicted molar refractivity (Wildman–Crippen MR) is 78.3 cm³/mol. The Bertz CT molecular complexity index is 478. The van der Waals surface area contributed by atoms with Crippen LogP contribution in [0.3, 0.4) is 0 Å². The van der Waals surface area contributed by atoms with Gasteiger partial charge in [0.25, 0.3) is 0 Å². The summed E-state index contributed by atoms with van der Waals surface area (Å²) in [6.07, 6.45) is 4.32. The van der Waals surface area contributed by atoms with Gasteiger partial charge in [-0.3, -0.25) is 4.79 Å². The molecule has 2 rings (SSSR count). The van der Waals surface area contributed by atoms with Gasteiger partial charge in [-0.2, -0.15) is 0 Å². The van der Waals surface area contributed by atoms with Gasteiger partial charge < -0.3 is 15.6 Å². The van der Waals surface area contributed by atoms with E-state index < -0.39 is 0 Å². The van der Waals surface area contributed by atoms with E-state index in [2.05, 4.69) is 32.5 Å². The molecule has 1 fully saturated rings. The molecule has 1 saturated heterocycles. The minimum absolute atomic E-state index is 0.0117. The van der Waals surface area contributed by atoms with E-state index in [4.69, 9.17) is 5.84 Å². The van der Waals surface area contributed by atoms with Crippen LogP contribution in [0.1, 0.15) is 32.3 Å². The van der Waals surface area contributed by atoms with E-state index in [1.165, 1.54) is 6.33 Å². The number of carbonyl (C=O) groups excluding carboxylic acids is 1. The third-order valence-corrected chi connectivity index (χ3v) is 3.45. The van der Waals surface area contributed by atoms with Gasteiger partial charge in [-0.25, -0.2) is 15.8 Å². The lowest BCUT2D eigenvalue weighted by Gasteiger charge is -2.22. The van der Waals surface area contributed by atoms with Crippen LogP contribution in [0, 0.1) is 0 Å². The van der Waals surface area contributed by atoms with Crippen LogP contribution in [0.4, 0.5) is 11.6 Å². The van der Waals surface area contributed by atoms with Gasteiger partial charge in [-0.1, -0.05) is 13.3 Å². The molecule has 1 aromatic rings. The Morgan fingerprint density at radius 1 is 1.55 bits per heavy atom. The van der Waals surface area contributed by atoms with Crippen molar-refractivity contribution in [2.24, 2.45) is 5.84 Å². The molecule has 1 unspecified atom stereocenters. The highest BCUT2D eigenvalue weighted by molar-refractivity contribution is 5.73. The fourth-order valence-corrected chi connectivity index (χ4v) is 2.64. The average Bonchev–Trinajstić information content (AvgIpc) is 2.86. The first-order valence-electron chi connectivity index (χ1n) is 6.98. The molecule has 0 saturated carbocycles. The van der Waals surface area contributed by atoms with Crippen molar-refractivity contribution in [3.8, 4) is 0 Å². The summed E-state index contributed by atoms with van der Waals surface area (Å²) in [5.74, 6) is 7.14. The maximum absolute atomic E-state index is 11.1. The van der Waals surface area contributed by atoms with Crippen molar-refractivity contribution in [3.05, 3.63) is 11.9 Å². The fourth-order valence-electron chi connectivity index (χ4n) is 2.64. The number of hydrogen-bond donors (Lipinski definition) is 3. The molecule has 110 valence electrons. The second kappa shape index (κ2) is 6.51. The Hall–Kier alpha value is -1.89. The Labute approximate surface area is 118 Å². The predicted octanol–water partition coefficient (Wildman–Crippen LogP) is 0.430. The first kappa shape index (κ1) is 14.5. The zero-order valence-corrected chi connectivity index (χ0v) is 12.0. The number of hydrazine groups is 1. The van der Waals surface area contributed by atoms with Crippen molar-refractivity contribution >= 4 is 17.5 Å². The Morgan fingerprint density at radius 3 is 3.00 bits per heavy atom. The number of nitrogens with zero attached hydrogens (tertiary/aromatic N) is 3. The molecule has 1 atom stereocenters. The lowest BCUT2D eigenvalue weighted by Crippen LogP contribution is -2.36. The maximum atomic E-state index is 11.1. The highest BCUT2D eigenvalue weighted by Gasteiger charge is 2.26. The van der Waals surface area contributed by atoms with Gasteiger partial charge in [-0.05, 0) is 12.8 Å². The van der Waals surface area contributed by atoms with E-state index in [0.29, 0.717) is 5.82 Å². The summed E-state index contributed by atoms with van der Waals surface area (Å²) < 4.78 is 0. The molecular formula is C13H22N6O. The topological polar surface area (TPSA) is 96.2 Å². The van der Waals surface area contributed by atoms with Gasteiger partial charge in [0, 0.05) is 31.6 Å². The molecule has 1 aliphatic heterocycles. The fraction of sp³-hybridized carbons (Fsp3) is 0.615. The second-order valence-electron chi connectivity index (χ2n) is 5.05. The van der Waals surface area contributed by atoms with Crippen LogP contribution in [0.25, 0.3) is 0 Å². The number of nitrogens with one attached hydrogen (secondary N) is 2. The molecule has 1 aromatic heterocycles. The van der Waals surface area contributed by atoms with E-state index in [1.54, 1.807) is 6.92 Å². The summed E-state index contributed by atoms with van der Waals surface area (Å²) >= 11 is 0. The molecule has 0 aromatic carbocycles. The summed E-state index contributed by atoms with van der Waals surface area (Å²) in [6, 6.07) is 0.186. The number of nitrogen functional groups attached to an aromatic ring is 1. The van der Waals surface area contributed by atoms with Crippen molar-refractivity contribution in [3.63, 3.8) is 0 Å². The largest absolute Gasteiger partial charge is 0.354 e. The van der Waals surface area contributed by atoms with Crippen LogP contribution in [0.2, 0.25) is 0 Å². The van der Waals surface area contributed by atoms with Crippen molar-refractivity contribution in [2.75, 3.05) is 23.4 Å². The van der Waals surface area contributed by atoms with Gasteiger partial charge in [0.05, 0.1) is 0 Å². The average molecular weight is 278 g/mol. The number of anilines is 2. The van der Waals surface area contributed by atoms with Crippen LogP contribution in [-0.2, 0) is 11.2 Å². The van der Waals surface area contributed by atoms with E-state index in [0.717, 1.165) is 43.7 Å². The molecule has 1 amide bonds. The molecule has 1 aliphatic rings. The highest BCUT2D eigenvalue weighted by atomic mass is 16.1. The molecule has 0 bridgehead atoms. The standard InChI is InChI=1S/C13H22N6O/c1-3-4-11-12(18-14)15-8-16-13(11)19-6-5-10(7-19)17-9(2)20/h8,10H,3-7,14H2,1-2H3,(H,17,20)(H,15,16,18). The van der Waals surface area contributed by atoms with Gasteiger partial charge in [0.1, 0.15) is 18.0 Å². The number of carbonyl (C=O) groups is 1. The third kappa shape index (κ3) is 3.16. The van der Waals surface area contributed by atoms with Gasteiger partial charge in [-0.15, -0.1) is 0 Å². The van der Waals surface area contributed by atoms with Crippen LogP contribution >= 0.6 is 0 Å². The molecule has 20 heavy (non-hydrogen) atoms. The summed E-state index contributed by atoms with van der Waals surface area (Å²) in [5.41, 5.74) is 3.68. The lowest BCUT2D eigenvalue weighted by atomic mass is 10.1. The summed E-state index contributed by atoms with van der Waals surface area (Å²) in [4.78, 5) is 21.9. The third-order valence-electron chi connectivity index (χ3n) is 3.45. The Balaban J connectivity index is 2.18. The molecule has 0 spiro atoms. The van der Waals surface area contributed by atoms with Gasteiger partial charge >= 0.3 is 0 Å². The van der Waals surface area contributed by atoms with Crippen LogP contribution in [0.5, 0.6) is 0 Å². The molecule has 7 heteroatoms. The van der Waals surface area contributed by atoms with E-state index >= 15 is 0 Å². The first-order chi connectivity index (χ1) is 9.65. The number of hydrogen-bond acceptors (Lipinski definition) is 6. The SMILES string of the molecule is CCCc1c(NN)ncnc1N1CCC(NC(C)=O)C1. The minimum atomic E-state index is 0.0117. The second-order valence-corrected chi connectivity index (χ2v) is 5.05. The maximum Gasteiger partial charge on any atom is 0.217 e. The van der Waals surface area contributed by atoms with Crippen molar-refractivity contribution in [1.29, 1.82) is 0 Å². The normalized spacial score (nSPS) is 18.1. The monoisotopic (exact) mass is 278 g/mol. The highest BCUT2D eigenvalue weighted by Crippen LogP contribution is 2.27. The smallest absolute Gasteiger partial charge is 0.217 e. The number of aromatic nitrogens is 2. The van der Waals surface area contributed by atoms with Gasteiger partial charge in [0.2, 0.25) is 5.91 Å². The zero-order chi connectivity index (χ0) is 14.5. The number of nitrogens with two attached hydrogens (primary N) is 1. The zero-order valence-electron chi connectivity index (χ0n) is 12.0. The number of amides is 1. The van der Waals surface area contributed by atoms with Crippen molar-refractivity contribution < 1.29 is 4.79 Å². The molecule has 7 nitrogen and oxygen atoms in total. The first-order valence-corrected chi connectivity index (χ1v) is 6.98. The lowest BCUT2D eigenvalue weighted by molar-refractivity contribution is -0.119. The molecule has 2 heterocycles. The number of rotatable bonds is 5. The summed E-state index contributed by atoms with van der Waals surface area (Å²) in [5, 5.41) is 2.96. The molecule has 0 radical (unpaired) electrons. The molecule has 0 aliphatic carbocycles. The van der Waals surface area contributed by atoms with Crippen LogP contribution in [-0.4, -0.2) is 35.0 Å². The molecular weight excluding hydrogens is 256 g/mol. The van der Waals surface area contributed by atoms with E-state index in [9.17, 15) is 4.79 Å². The van der Waals surface area contributed by atoms with E-state index in [1.807, 2.05) is 0 Å². The van der Waals surface area contributed by atoms with Crippen molar-refractivity contribution in [2.45, 2.75) is 39.2 Å². The van der Waals surface area contributed by atoms with Crippen LogP contribution in [0.15, 0.2) is 6.33 Å².